The third kappa shape index (κ3) is 2.28. The van der Waals surface area contributed by atoms with Crippen molar-refractivity contribution in [3.05, 3.63) is 10.6 Å². The minimum atomic E-state index is -0.589. The highest BCUT2D eigenvalue weighted by molar-refractivity contribution is 8.03. The van der Waals surface area contributed by atoms with E-state index in [1.54, 1.807) is 18.7 Å². The molecule has 0 aromatic carbocycles. The van der Waals surface area contributed by atoms with Crippen molar-refractivity contribution >= 4 is 17.7 Å². The molecule has 5 N–H and O–H groups in total. The van der Waals surface area contributed by atoms with E-state index in [-0.39, 0.29) is 29.0 Å². The van der Waals surface area contributed by atoms with Gasteiger partial charge in [0.05, 0.1) is 18.1 Å². The molecule has 2 aliphatic heterocycles. The monoisotopic (exact) mass is 299 g/mol. The summed E-state index contributed by atoms with van der Waals surface area (Å²) >= 11 is 1.71. The first-order chi connectivity index (χ1) is 9.47. The number of thioether (sulfide) groups is 1. The summed E-state index contributed by atoms with van der Waals surface area (Å²) in [5.74, 6) is 0.0491. The molecule has 114 valence electrons. The summed E-state index contributed by atoms with van der Waals surface area (Å²) in [5, 5.41) is 10.0. The van der Waals surface area contributed by atoms with Crippen molar-refractivity contribution in [1.29, 1.82) is 0 Å². The summed E-state index contributed by atoms with van der Waals surface area (Å²) in [5.41, 5.74) is 12.6. The second kappa shape index (κ2) is 6.05. The van der Waals surface area contributed by atoms with Crippen LogP contribution in [0.1, 0.15) is 27.2 Å². The number of carbonyl (C=O) groups excluding carboxylic acids is 1. The Bertz CT molecular complexity index is 421. The van der Waals surface area contributed by atoms with Gasteiger partial charge in [-0.05, 0) is 13.3 Å². The van der Waals surface area contributed by atoms with Crippen molar-refractivity contribution < 1.29 is 9.90 Å². The smallest absolute Gasteiger partial charge is 0.234 e. The molecular weight excluding hydrogens is 274 g/mol. The van der Waals surface area contributed by atoms with Crippen molar-refractivity contribution in [1.82, 2.24) is 4.90 Å². The van der Waals surface area contributed by atoms with Gasteiger partial charge < -0.3 is 21.5 Å². The lowest BCUT2D eigenvalue weighted by molar-refractivity contribution is -0.159. The summed E-state index contributed by atoms with van der Waals surface area (Å²) in [7, 11) is 0. The maximum Gasteiger partial charge on any atom is 0.234 e. The third-order valence-corrected chi connectivity index (χ3v) is 5.94. The molecule has 1 saturated heterocycles. The quantitative estimate of drug-likeness (QED) is 0.621. The predicted octanol–water partition coefficient (Wildman–Crippen LogP) is 0.485. The number of rotatable bonds is 6. The van der Waals surface area contributed by atoms with Crippen LogP contribution in [0.25, 0.3) is 0 Å². The van der Waals surface area contributed by atoms with Crippen LogP contribution in [0, 0.1) is 11.8 Å². The number of nitrogens with two attached hydrogens (primary N) is 2. The Labute approximate surface area is 124 Å². The number of allylic oxidation sites excluding steroid dienone is 1. The number of fused-ring (bicyclic) bond motifs is 1. The fourth-order valence-electron chi connectivity index (χ4n) is 3.30. The van der Waals surface area contributed by atoms with Gasteiger partial charge in [0.15, 0.2) is 0 Å². The molecule has 0 aromatic rings. The maximum absolute atomic E-state index is 12.2. The molecule has 5 nitrogen and oxygen atoms in total. The van der Waals surface area contributed by atoms with Crippen LogP contribution in [0.2, 0.25) is 0 Å². The lowest BCUT2D eigenvalue weighted by Crippen LogP contribution is -2.63. The van der Waals surface area contributed by atoms with E-state index in [9.17, 15) is 9.90 Å². The van der Waals surface area contributed by atoms with E-state index >= 15 is 0 Å². The lowest BCUT2D eigenvalue weighted by Gasteiger charge is -2.47. The van der Waals surface area contributed by atoms with E-state index < -0.39 is 6.10 Å². The number of aliphatic hydroxyl groups excluding tert-OH is 1. The zero-order valence-corrected chi connectivity index (χ0v) is 13.2. The van der Waals surface area contributed by atoms with Crippen molar-refractivity contribution in [2.75, 3.05) is 13.1 Å². The van der Waals surface area contributed by atoms with E-state index in [1.165, 1.54) is 4.91 Å². The fourth-order valence-corrected chi connectivity index (χ4v) is 4.58. The minimum Gasteiger partial charge on any atom is -0.393 e. The Morgan fingerprint density at radius 3 is 2.45 bits per heavy atom. The van der Waals surface area contributed by atoms with Gasteiger partial charge in [0, 0.05) is 34.9 Å². The highest BCUT2D eigenvalue weighted by Gasteiger charge is 2.57. The van der Waals surface area contributed by atoms with E-state index in [2.05, 4.69) is 13.8 Å². The van der Waals surface area contributed by atoms with Gasteiger partial charge >= 0.3 is 0 Å². The van der Waals surface area contributed by atoms with E-state index in [0.29, 0.717) is 13.1 Å². The Hall–Kier alpha value is -0.560. The number of carbonyl (C=O) groups is 1. The number of hydrogen-bond donors (Lipinski definition) is 3. The largest absolute Gasteiger partial charge is 0.393 e. The molecule has 2 heterocycles. The second-order valence-electron chi connectivity index (χ2n) is 5.63. The van der Waals surface area contributed by atoms with Crippen molar-refractivity contribution in [2.24, 2.45) is 23.3 Å². The highest BCUT2D eigenvalue weighted by Crippen LogP contribution is 2.51. The molecule has 2 aliphatic rings. The van der Waals surface area contributed by atoms with Gasteiger partial charge in [-0.3, -0.25) is 4.79 Å². The van der Waals surface area contributed by atoms with Crippen LogP contribution in [0.5, 0.6) is 0 Å². The van der Waals surface area contributed by atoms with Gasteiger partial charge in [0.25, 0.3) is 0 Å². The summed E-state index contributed by atoms with van der Waals surface area (Å²) in [6.45, 7) is 6.97. The van der Waals surface area contributed by atoms with Crippen LogP contribution >= 0.6 is 11.8 Å². The van der Waals surface area contributed by atoms with E-state index in [0.717, 1.165) is 12.1 Å². The molecule has 0 aliphatic carbocycles. The van der Waals surface area contributed by atoms with Crippen LogP contribution < -0.4 is 11.5 Å². The highest BCUT2D eigenvalue weighted by atomic mass is 32.2. The van der Waals surface area contributed by atoms with Gasteiger partial charge in [0.2, 0.25) is 5.91 Å². The number of nitrogens with zero attached hydrogens (tertiary/aromatic N) is 1. The van der Waals surface area contributed by atoms with Crippen LogP contribution in [0.15, 0.2) is 10.6 Å². The molecule has 0 saturated carbocycles. The number of aliphatic hydroxyl groups is 1. The molecule has 6 heteroatoms. The molecule has 0 radical (unpaired) electrons. The molecule has 0 aromatic heterocycles. The Morgan fingerprint density at radius 1 is 1.40 bits per heavy atom. The van der Waals surface area contributed by atoms with Crippen LogP contribution in [0.4, 0.5) is 0 Å². The third-order valence-electron chi connectivity index (χ3n) is 4.36. The molecule has 0 bridgehead atoms. The lowest BCUT2D eigenvalue weighted by atomic mass is 9.79. The molecule has 20 heavy (non-hydrogen) atoms. The van der Waals surface area contributed by atoms with Crippen molar-refractivity contribution in [2.45, 2.75) is 44.6 Å². The first-order valence-corrected chi connectivity index (χ1v) is 8.16. The van der Waals surface area contributed by atoms with Gasteiger partial charge in [-0.15, -0.1) is 11.8 Å². The van der Waals surface area contributed by atoms with Gasteiger partial charge in [-0.2, -0.15) is 0 Å². The number of β-lactam (4-membered cyclic amide) rings is 1. The Balaban J connectivity index is 2.24. The first-order valence-electron chi connectivity index (χ1n) is 7.28. The number of hydrogen-bond acceptors (Lipinski definition) is 5. The summed E-state index contributed by atoms with van der Waals surface area (Å²) in [6, 6.07) is 0.108. The Kier molecular flexibility index (Phi) is 4.79. The standard InChI is InChI=1S/C14H25N3O2S/c1-4-10-13(20-9(5-15)6-16)7(2)12-11(8(3)18)14(19)17(10)12/h7-9,11-12,18H,4-6,15-16H2,1-3H3. The minimum absolute atomic E-state index is 0.0568. The fraction of sp³-hybridized carbons (Fsp3) is 0.786. The van der Waals surface area contributed by atoms with Gasteiger partial charge in [-0.1, -0.05) is 13.8 Å². The second-order valence-corrected chi connectivity index (χ2v) is 6.97. The number of amides is 1. The zero-order chi connectivity index (χ0) is 15.0. The molecule has 1 fully saturated rings. The molecule has 1 amide bonds. The molecule has 2 rings (SSSR count). The van der Waals surface area contributed by atoms with E-state index in [1.807, 2.05) is 4.90 Å². The normalized spacial score (nSPS) is 30.9. The summed E-state index contributed by atoms with van der Waals surface area (Å²) < 4.78 is 0. The van der Waals surface area contributed by atoms with Gasteiger partial charge in [-0.25, -0.2) is 0 Å². The Morgan fingerprint density at radius 2 is 2.00 bits per heavy atom. The van der Waals surface area contributed by atoms with Crippen molar-refractivity contribution in [3.8, 4) is 0 Å². The van der Waals surface area contributed by atoms with E-state index in [4.69, 9.17) is 11.5 Å². The molecule has 4 atom stereocenters. The van der Waals surface area contributed by atoms with Crippen molar-refractivity contribution in [3.63, 3.8) is 0 Å². The van der Waals surface area contributed by atoms with Crippen LogP contribution in [-0.4, -0.2) is 46.4 Å². The van der Waals surface area contributed by atoms with Crippen LogP contribution in [-0.2, 0) is 4.79 Å². The predicted molar refractivity (Wildman–Crippen MR) is 81.8 cm³/mol. The first kappa shape index (κ1) is 15.8. The maximum atomic E-state index is 12.2. The molecule has 4 unspecified atom stereocenters. The zero-order valence-electron chi connectivity index (χ0n) is 12.4. The summed E-state index contributed by atoms with van der Waals surface area (Å²) in [6.07, 6.45) is 0.233. The average Bonchev–Trinajstić information content (AvgIpc) is 2.64. The molecule has 0 spiro atoms. The summed E-state index contributed by atoms with van der Waals surface area (Å²) in [4.78, 5) is 15.4. The van der Waals surface area contributed by atoms with Gasteiger partial charge in [0.1, 0.15) is 0 Å². The SMILES string of the molecule is CCC1=C(SC(CN)CN)C(C)C2C(C(C)O)C(=O)N12. The topological polar surface area (TPSA) is 92.6 Å². The molecular formula is C14H25N3O2S. The average molecular weight is 299 g/mol. The van der Waals surface area contributed by atoms with Crippen LogP contribution in [0.3, 0.4) is 0 Å².